The molecule has 0 radical (unpaired) electrons. The summed E-state index contributed by atoms with van der Waals surface area (Å²) in [5.74, 6) is -0.902. The van der Waals surface area contributed by atoms with Crippen LogP contribution in [-0.4, -0.2) is 66.0 Å². The minimum atomic E-state index is -0.390. The molecule has 1 aliphatic carbocycles. The van der Waals surface area contributed by atoms with Gasteiger partial charge in [0.05, 0.1) is 18.2 Å². The minimum Gasteiger partial charge on any atom is -0.466 e. The van der Waals surface area contributed by atoms with E-state index in [4.69, 9.17) is 4.74 Å². The highest BCUT2D eigenvalue weighted by Crippen LogP contribution is 2.30. The van der Waals surface area contributed by atoms with Crippen LogP contribution in [0.25, 0.3) is 0 Å². The molecule has 9 nitrogen and oxygen atoms in total. The lowest BCUT2D eigenvalue weighted by molar-refractivity contribution is -0.149. The van der Waals surface area contributed by atoms with E-state index in [0.29, 0.717) is 37.3 Å². The van der Waals surface area contributed by atoms with E-state index in [1.165, 1.54) is 11.3 Å². The van der Waals surface area contributed by atoms with Gasteiger partial charge in [0.25, 0.3) is 5.91 Å². The first-order valence-electron chi connectivity index (χ1n) is 13.1. The third-order valence-corrected chi connectivity index (χ3v) is 8.64. The van der Waals surface area contributed by atoms with Crippen LogP contribution in [0.2, 0.25) is 0 Å². The van der Waals surface area contributed by atoms with Crippen molar-refractivity contribution in [1.29, 1.82) is 0 Å². The minimum absolute atomic E-state index is 0.129. The van der Waals surface area contributed by atoms with Crippen LogP contribution in [0.4, 0.5) is 5.69 Å². The highest BCUT2D eigenvalue weighted by molar-refractivity contribution is 7.13. The molecular weight excluding hydrogens is 490 g/mol. The number of fused-ring (bicyclic) bond motifs is 2. The summed E-state index contributed by atoms with van der Waals surface area (Å²) >= 11 is 1.44. The SMILES string of the molecule is CCOC(=O)[C@@H]1CC[C@@H](NC(=O)c2nc3c(s2)CN(C)CC3)[C@@H](NC(=O)C2Cc3cc(C)ccc3N2)C1. The van der Waals surface area contributed by atoms with Gasteiger partial charge in [-0.1, -0.05) is 17.7 Å². The van der Waals surface area contributed by atoms with Crippen molar-refractivity contribution in [3.8, 4) is 0 Å². The number of esters is 1. The van der Waals surface area contributed by atoms with E-state index in [1.807, 2.05) is 19.1 Å². The van der Waals surface area contributed by atoms with Gasteiger partial charge < -0.3 is 25.6 Å². The van der Waals surface area contributed by atoms with Crippen molar-refractivity contribution in [3.63, 3.8) is 0 Å². The van der Waals surface area contributed by atoms with E-state index in [-0.39, 0.29) is 35.8 Å². The Labute approximate surface area is 221 Å². The molecule has 1 unspecified atom stereocenters. The molecule has 0 saturated heterocycles. The second-order valence-corrected chi connectivity index (χ2v) is 11.5. The van der Waals surface area contributed by atoms with Crippen molar-refractivity contribution in [3.05, 3.63) is 44.9 Å². The lowest BCUT2D eigenvalue weighted by atomic mass is 9.82. The highest BCUT2D eigenvalue weighted by Gasteiger charge is 2.38. The fraction of sp³-hybridized carbons (Fsp3) is 0.556. The fourth-order valence-corrected chi connectivity index (χ4v) is 6.65. The number of amides is 2. The van der Waals surface area contributed by atoms with E-state index >= 15 is 0 Å². The van der Waals surface area contributed by atoms with Gasteiger partial charge in [0.1, 0.15) is 6.04 Å². The number of hydrogen-bond donors (Lipinski definition) is 3. The molecule has 3 N–H and O–H groups in total. The van der Waals surface area contributed by atoms with E-state index in [9.17, 15) is 14.4 Å². The van der Waals surface area contributed by atoms with Crippen LogP contribution in [0.5, 0.6) is 0 Å². The zero-order valence-electron chi connectivity index (χ0n) is 21.6. The van der Waals surface area contributed by atoms with E-state index in [0.717, 1.165) is 46.9 Å². The summed E-state index contributed by atoms with van der Waals surface area (Å²) in [7, 11) is 2.07. The maximum Gasteiger partial charge on any atom is 0.308 e. The molecule has 2 aromatic rings. The first-order valence-corrected chi connectivity index (χ1v) is 13.9. The molecule has 37 heavy (non-hydrogen) atoms. The Morgan fingerprint density at radius 3 is 2.86 bits per heavy atom. The summed E-state index contributed by atoms with van der Waals surface area (Å²) in [6.07, 6.45) is 3.04. The summed E-state index contributed by atoms with van der Waals surface area (Å²) in [6, 6.07) is 5.06. The van der Waals surface area contributed by atoms with E-state index < -0.39 is 6.04 Å². The lowest BCUT2D eigenvalue weighted by Gasteiger charge is -2.36. The van der Waals surface area contributed by atoms with Crippen molar-refractivity contribution in [2.75, 3.05) is 25.5 Å². The number of anilines is 1. The fourth-order valence-electron chi connectivity index (χ4n) is 5.56. The van der Waals surface area contributed by atoms with Crippen molar-refractivity contribution in [2.24, 2.45) is 5.92 Å². The molecular formula is C27H35N5O4S. The molecule has 4 atom stereocenters. The Bertz CT molecular complexity index is 1200. The number of thiazole rings is 1. The Balaban J connectivity index is 1.28. The summed E-state index contributed by atoms with van der Waals surface area (Å²) < 4.78 is 5.27. The maximum atomic E-state index is 13.3. The van der Waals surface area contributed by atoms with Gasteiger partial charge in [-0.25, -0.2) is 4.98 Å². The standard InChI is InChI=1S/C27H35N5O4S/c1-4-36-27(35)16-6-8-19(29-25(34)26-31-20-9-10-32(3)14-23(20)37-26)21(12-16)30-24(33)22-13-17-11-15(2)5-7-18(17)28-22/h5,7,11,16,19,21-22,28H,4,6,8-10,12-14H2,1-3H3,(H,29,34)(H,30,33)/t16-,19-,21+,22?/m1/s1. The molecule has 3 heterocycles. The Hall–Kier alpha value is -2.98. The average Bonchev–Trinajstić information content (AvgIpc) is 3.49. The van der Waals surface area contributed by atoms with Crippen LogP contribution in [0.3, 0.4) is 0 Å². The number of aromatic nitrogens is 1. The number of hydrogen-bond acceptors (Lipinski definition) is 8. The molecule has 2 amide bonds. The normalized spacial score (nSPS) is 24.9. The first kappa shape index (κ1) is 25.7. The topological polar surface area (TPSA) is 113 Å². The second kappa shape index (κ2) is 10.8. The molecule has 198 valence electrons. The predicted octanol–water partition coefficient (Wildman–Crippen LogP) is 2.42. The molecule has 3 aliphatic rings. The summed E-state index contributed by atoms with van der Waals surface area (Å²) in [5, 5.41) is 10.1. The van der Waals surface area contributed by atoms with E-state index in [2.05, 4.69) is 38.9 Å². The van der Waals surface area contributed by atoms with Gasteiger partial charge >= 0.3 is 5.97 Å². The third-order valence-electron chi connectivity index (χ3n) is 7.56. The molecule has 0 spiro atoms. The molecule has 1 aromatic heterocycles. The summed E-state index contributed by atoms with van der Waals surface area (Å²) in [6.45, 7) is 5.89. The molecule has 10 heteroatoms. The smallest absolute Gasteiger partial charge is 0.308 e. The van der Waals surface area contributed by atoms with Crippen molar-refractivity contribution in [2.45, 2.75) is 70.6 Å². The molecule has 5 rings (SSSR count). The number of rotatable bonds is 6. The number of nitrogens with zero attached hydrogens (tertiary/aromatic N) is 2. The Morgan fingerprint density at radius 1 is 1.22 bits per heavy atom. The maximum absolute atomic E-state index is 13.3. The number of carbonyl (C=O) groups is 3. The van der Waals surface area contributed by atoms with Gasteiger partial charge in [-0.2, -0.15) is 0 Å². The van der Waals surface area contributed by atoms with Crippen LogP contribution < -0.4 is 16.0 Å². The number of likely N-dealkylation sites (N-methyl/N-ethyl adjacent to an activating group) is 1. The Morgan fingerprint density at radius 2 is 2.05 bits per heavy atom. The molecule has 2 aliphatic heterocycles. The van der Waals surface area contributed by atoms with Gasteiger partial charge in [-0.05, 0) is 51.8 Å². The number of aryl methyl sites for hydroxylation is 1. The van der Waals surface area contributed by atoms with Gasteiger partial charge in [-0.3, -0.25) is 14.4 Å². The highest BCUT2D eigenvalue weighted by atomic mass is 32.1. The van der Waals surface area contributed by atoms with Gasteiger partial charge in [0.2, 0.25) is 5.91 Å². The Kier molecular flexibility index (Phi) is 7.48. The van der Waals surface area contributed by atoms with Crippen LogP contribution >= 0.6 is 11.3 Å². The van der Waals surface area contributed by atoms with Crippen molar-refractivity contribution in [1.82, 2.24) is 20.5 Å². The zero-order chi connectivity index (χ0) is 26.1. The van der Waals surface area contributed by atoms with Crippen LogP contribution in [-0.2, 0) is 33.7 Å². The first-order chi connectivity index (χ1) is 17.8. The largest absolute Gasteiger partial charge is 0.466 e. The second-order valence-electron chi connectivity index (χ2n) is 10.4. The van der Waals surface area contributed by atoms with Crippen molar-refractivity contribution >= 4 is 34.8 Å². The average molecular weight is 526 g/mol. The molecule has 1 fully saturated rings. The van der Waals surface area contributed by atoms with Gasteiger partial charge in [-0.15, -0.1) is 11.3 Å². The van der Waals surface area contributed by atoms with Gasteiger partial charge in [0.15, 0.2) is 5.01 Å². The van der Waals surface area contributed by atoms with Crippen LogP contribution in [0, 0.1) is 12.8 Å². The number of ether oxygens (including phenoxy) is 1. The molecule has 0 bridgehead atoms. The van der Waals surface area contributed by atoms with Crippen LogP contribution in [0.15, 0.2) is 18.2 Å². The zero-order valence-corrected chi connectivity index (χ0v) is 22.5. The van der Waals surface area contributed by atoms with Crippen LogP contribution in [0.1, 0.15) is 57.7 Å². The number of benzene rings is 1. The lowest BCUT2D eigenvalue weighted by Crippen LogP contribution is -2.57. The number of carbonyl (C=O) groups excluding carboxylic acids is 3. The van der Waals surface area contributed by atoms with Gasteiger partial charge in [0, 0.05) is 48.6 Å². The van der Waals surface area contributed by atoms with E-state index in [1.54, 1.807) is 6.92 Å². The number of nitrogens with one attached hydrogen (secondary N) is 3. The predicted molar refractivity (Wildman–Crippen MR) is 142 cm³/mol. The van der Waals surface area contributed by atoms with Crippen molar-refractivity contribution < 1.29 is 19.1 Å². The molecule has 1 aromatic carbocycles. The quantitative estimate of drug-likeness (QED) is 0.497. The monoisotopic (exact) mass is 525 g/mol. The summed E-state index contributed by atoms with van der Waals surface area (Å²) in [4.78, 5) is 47.0. The summed E-state index contributed by atoms with van der Waals surface area (Å²) in [5.41, 5.74) is 4.26. The third kappa shape index (κ3) is 5.65. The molecule has 1 saturated carbocycles.